The zero-order valence-corrected chi connectivity index (χ0v) is 8.15. The summed E-state index contributed by atoms with van der Waals surface area (Å²) >= 11 is 0. The number of ether oxygens (including phenoxy) is 1. The average Bonchev–Trinajstić information content (AvgIpc) is 2.12. The van der Waals surface area contributed by atoms with E-state index in [1.54, 1.807) is 0 Å². The molecule has 0 spiro atoms. The van der Waals surface area contributed by atoms with Crippen molar-refractivity contribution < 1.29 is 18.3 Å². The molecular weight excluding hydrogens is 190 g/mol. The molecule has 0 bridgehead atoms. The molecular formula is C10H10F2O2. The van der Waals surface area contributed by atoms with Crippen LogP contribution in [-0.2, 0) is 0 Å². The number of carbonyl (C=O) groups is 1. The van der Waals surface area contributed by atoms with Crippen molar-refractivity contribution in [2.24, 2.45) is 0 Å². The van der Waals surface area contributed by atoms with Gasteiger partial charge >= 0.3 is 0 Å². The summed E-state index contributed by atoms with van der Waals surface area (Å²) in [6, 6.07) is 0.986. The van der Waals surface area contributed by atoms with Crippen LogP contribution in [-0.4, -0.2) is 12.9 Å². The van der Waals surface area contributed by atoms with Crippen molar-refractivity contribution in [2.45, 2.75) is 13.8 Å². The Morgan fingerprint density at radius 1 is 1.43 bits per heavy atom. The number of hydrogen-bond donors (Lipinski definition) is 0. The minimum atomic E-state index is -0.860. The van der Waals surface area contributed by atoms with Gasteiger partial charge in [0.1, 0.15) is 0 Å². The lowest BCUT2D eigenvalue weighted by molar-refractivity contribution is 0.101. The van der Waals surface area contributed by atoms with Crippen LogP contribution in [0, 0.1) is 18.6 Å². The van der Waals surface area contributed by atoms with Crippen molar-refractivity contribution in [3.63, 3.8) is 0 Å². The quantitative estimate of drug-likeness (QED) is 0.685. The van der Waals surface area contributed by atoms with Crippen LogP contribution in [0.4, 0.5) is 8.78 Å². The lowest BCUT2D eigenvalue weighted by Crippen LogP contribution is -2.03. The zero-order valence-electron chi connectivity index (χ0n) is 8.15. The van der Waals surface area contributed by atoms with E-state index < -0.39 is 17.4 Å². The molecule has 0 aliphatic rings. The summed E-state index contributed by atoms with van der Waals surface area (Å²) in [7, 11) is 1.17. The summed E-state index contributed by atoms with van der Waals surface area (Å²) in [5, 5.41) is 0. The van der Waals surface area contributed by atoms with Crippen molar-refractivity contribution in [1.82, 2.24) is 0 Å². The topological polar surface area (TPSA) is 26.3 Å². The van der Waals surface area contributed by atoms with Crippen molar-refractivity contribution in [2.75, 3.05) is 7.11 Å². The van der Waals surface area contributed by atoms with Gasteiger partial charge in [0.05, 0.1) is 7.11 Å². The van der Waals surface area contributed by atoms with Gasteiger partial charge in [-0.3, -0.25) is 4.79 Å². The van der Waals surface area contributed by atoms with Crippen molar-refractivity contribution in [3.8, 4) is 5.75 Å². The number of carbonyl (C=O) groups excluding carboxylic acids is 1. The third-order valence-corrected chi connectivity index (χ3v) is 2.00. The molecule has 0 radical (unpaired) electrons. The Kier molecular flexibility index (Phi) is 2.84. The van der Waals surface area contributed by atoms with Crippen LogP contribution in [0.3, 0.4) is 0 Å². The van der Waals surface area contributed by atoms with Crippen molar-refractivity contribution >= 4 is 5.78 Å². The largest absolute Gasteiger partial charge is 0.491 e. The molecule has 0 saturated heterocycles. The van der Waals surface area contributed by atoms with E-state index in [1.165, 1.54) is 21.0 Å². The molecule has 0 N–H and O–H groups in total. The summed E-state index contributed by atoms with van der Waals surface area (Å²) in [4.78, 5) is 11.0. The minimum Gasteiger partial charge on any atom is -0.491 e. The highest BCUT2D eigenvalue weighted by molar-refractivity contribution is 5.95. The second-order valence-corrected chi connectivity index (χ2v) is 2.93. The van der Waals surface area contributed by atoms with Crippen molar-refractivity contribution in [1.29, 1.82) is 0 Å². The third kappa shape index (κ3) is 1.60. The van der Waals surface area contributed by atoms with Crippen LogP contribution >= 0.6 is 0 Å². The van der Waals surface area contributed by atoms with Crippen LogP contribution in [0.2, 0.25) is 0 Å². The maximum atomic E-state index is 13.4. The molecule has 4 heteroatoms. The smallest absolute Gasteiger partial charge is 0.190 e. The Labute approximate surface area is 80.5 Å². The molecule has 0 aliphatic carbocycles. The summed E-state index contributed by atoms with van der Waals surface area (Å²) < 4.78 is 31.0. The number of hydrogen-bond acceptors (Lipinski definition) is 2. The molecule has 0 aliphatic heterocycles. The van der Waals surface area contributed by atoms with Gasteiger partial charge in [-0.2, -0.15) is 0 Å². The number of Topliss-reactive ketones (excluding diaryl/α,β-unsaturated/α-hetero) is 1. The van der Waals surface area contributed by atoms with Crippen molar-refractivity contribution in [3.05, 3.63) is 28.8 Å². The molecule has 0 aromatic heterocycles. The van der Waals surface area contributed by atoms with Crippen LogP contribution in [0.1, 0.15) is 22.8 Å². The van der Waals surface area contributed by atoms with Crippen LogP contribution in [0.25, 0.3) is 0 Å². The molecule has 0 amide bonds. The zero-order chi connectivity index (χ0) is 10.9. The van der Waals surface area contributed by atoms with E-state index in [1.807, 2.05) is 0 Å². The van der Waals surface area contributed by atoms with Gasteiger partial charge in [0.15, 0.2) is 23.2 Å². The molecule has 14 heavy (non-hydrogen) atoms. The first kappa shape index (κ1) is 10.6. The highest BCUT2D eigenvalue weighted by Crippen LogP contribution is 2.27. The van der Waals surface area contributed by atoms with Crippen LogP contribution < -0.4 is 4.74 Å². The van der Waals surface area contributed by atoms with Gasteiger partial charge in [0.25, 0.3) is 0 Å². The summed E-state index contributed by atoms with van der Waals surface area (Å²) in [6.45, 7) is 2.67. The number of halogens is 2. The molecule has 0 heterocycles. The minimum absolute atomic E-state index is 0.0424. The van der Waals surface area contributed by atoms with Gasteiger partial charge in [-0.15, -0.1) is 0 Å². The normalized spacial score (nSPS) is 10.1. The predicted octanol–water partition coefficient (Wildman–Crippen LogP) is 2.48. The van der Waals surface area contributed by atoms with E-state index in [2.05, 4.69) is 4.74 Å². The Hall–Kier alpha value is -1.45. The molecule has 1 rings (SSSR count). The van der Waals surface area contributed by atoms with E-state index in [4.69, 9.17) is 0 Å². The van der Waals surface area contributed by atoms with Gasteiger partial charge in [0.2, 0.25) is 0 Å². The highest BCUT2D eigenvalue weighted by Gasteiger charge is 2.18. The molecule has 0 unspecified atom stereocenters. The van der Waals surface area contributed by atoms with E-state index in [0.717, 1.165) is 6.07 Å². The van der Waals surface area contributed by atoms with E-state index in [9.17, 15) is 13.6 Å². The van der Waals surface area contributed by atoms with E-state index in [0.29, 0.717) is 0 Å². The Morgan fingerprint density at radius 3 is 2.43 bits per heavy atom. The standard InChI is InChI=1S/C10H10F2O2/c1-5-7(6(2)13)4-8(11)10(14-3)9(5)12/h4H,1-3H3. The van der Waals surface area contributed by atoms with Gasteiger partial charge < -0.3 is 4.74 Å². The first-order valence-electron chi connectivity index (χ1n) is 4.02. The number of benzene rings is 1. The van der Waals surface area contributed by atoms with Gasteiger partial charge in [-0.1, -0.05) is 0 Å². The fraction of sp³-hybridized carbons (Fsp3) is 0.300. The first-order valence-corrected chi connectivity index (χ1v) is 4.02. The van der Waals surface area contributed by atoms with Gasteiger partial charge in [0, 0.05) is 5.56 Å². The fourth-order valence-corrected chi connectivity index (χ4v) is 1.25. The Bertz CT molecular complexity index is 386. The lowest BCUT2D eigenvalue weighted by atomic mass is 10.0. The summed E-state index contributed by atoms with van der Waals surface area (Å²) in [5.41, 5.74) is 0.150. The number of methoxy groups -OCH3 is 1. The maximum absolute atomic E-state index is 13.4. The molecule has 0 saturated carbocycles. The molecule has 1 aromatic rings. The molecule has 2 nitrogen and oxygen atoms in total. The predicted molar refractivity (Wildman–Crippen MR) is 47.7 cm³/mol. The second-order valence-electron chi connectivity index (χ2n) is 2.93. The van der Waals surface area contributed by atoms with Gasteiger partial charge in [-0.25, -0.2) is 8.78 Å². The number of ketones is 1. The summed E-state index contributed by atoms with van der Waals surface area (Å²) in [5.74, 6) is -2.51. The fourth-order valence-electron chi connectivity index (χ4n) is 1.25. The lowest BCUT2D eigenvalue weighted by Gasteiger charge is -2.08. The Balaban J connectivity index is 3.47. The molecule has 0 fully saturated rings. The third-order valence-electron chi connectivity index (χ3n) is 2.00. The summed E-state index contributed by atoms with van der Waals surface area (Å²) in [6.07, 6.45) is 0. The van der Waals surface area contributed by atoms with Crippen LogP contribution in [0.15, 0.2) is 6.07 Å². The number of rotatable bonds is 2. The SMILES string of the molecule is COc1c(F)cc(C(C)=O)c(C)c1F. The van der Waals surface area contributed by atoms with Crippen LogP contribution in [0.5, 0.6) is 5.75 Å². The maximum Gasteiger partial charge on any atom is 0.190 e. The van der Waals surface area contributed by atoms with Gasteiger partial charge in [-0.05, 0) is 25.5 Å². The molecule has 76 valence electrons. The average molecular weight is 200 g/mol. The second kappa shape index (κ2) is 3.74. The highest BCUT2D eigenvalue weighted by atomic mass is 19.1. The van der Waals surface area contributed by atoms with E-state index >= 15 is 0 Å². The molecule has 1 aromatic carbocycles. The molecule has 0 atom stereocenters. The van der Waals surface area contributed by atoms with E-state index in [-0.39, 0.29) is 16.9 Å². The Morgan fingerprint density at radius 2 is 2.00 bits per heavy atom. The first-order chi connectivity index (χ1) is 6.49. The monoisotopic (exact) mass is 200 g/mol.